The number of pyridine rings is 1. The lowest BCUT2D eigenvalue weighted by atomic mass is 9.94. The molecule has 3 rings (SSSR count). The van der Waals surface area contributed by atoms with Gasteiger partial charge >= 0.3 is 0 Å². The van der Waals surface area contributed by atoms with Gasteiger partial charge in [-0.25, -0.2) is 4.39 Å². The van der Waals surface area contributed by atoms with Crippen molar-refractivity contribution in [1.82, 2.24) is 10.3 Å². The molecule has 0 bridgehead atoms. The molecule has 0 aromatic carbocycles. The fraction of sp³-hybridized carbons (Fsp3) is 0.462. The van der Waals surface area contributed by atoms with Gasteiger partial charge in [-0.3, -0.25) is 4.98 Å². The summed E-state index contributed by atoms with van der Waals surface area (Å²) in [5.74, 6) is 0.383. The molecular weight excluding hydrogens is 203 g/mol. The van der Waals surface area contributed by atoms with Crippen LogP contribution in [0.1, 0.15) is 24.8 Å². The van der Waals surface area contributed by atoms with E-state index in [4.69, 9.17) is 0 Å². The molecule has 0 spiro atoms. The SMILES string of the molecule is Fc1cncc(C2=C[C@@H]3CCCN[C@@H]3C2)c1. The average Bonchev–Trinajstić information content (AvgIpc) is 2.72. The summed E-state index contributed by atoms with van der Waals surface area (Å²) in [5.41, 5.74) is 2.19. The third kappa shape index (κ3) is 1.76. The van der Waals surface area contributed by atoms with Gasteiger partial charge in [0.15, 0.2) is 0 Å². The van der Waals surface area contributed by atoms with Gasteiger partial charge < -0.3 is 5.32 Å². The monoisotopic (exact) mass is 218 g/mol. The molecule has 1 aromatic heterocycles. The van der Waals surface area contributed by atoms with Crippen LogP contribution in [0.15, 0.2) is 24.5 Å². The predicted molar refractivity (Wildman–Crippen MR) is 61.3 cm³/mol. The maximum atomic E-state index is 13.1. The molecule has 0 unspecified atom stereocenters. The lowest BCUT2D eigenvalue weighted by molar-refractivity contribution is 0.348. The van der Waals surface area contributed by atoms with Gasteiger partial charge in [0, 0.05) is 12.2 Å². The van der Waals surface area contributed by atoms with Crippen molar-refractivity contribution in [2.24, 2.45) is 5.92 Å². The highest BCUT2D eigenvalue weighted by molar-refractivity contribution is 5.68. The summed E-state index contributed by atoms with van der Waals surface area (Å²) in [4.78, 5) is 3.91. The number of hydrogen-bond donors (Lipinski definition) is 1. The van der Waals surface area contributed by atoms with E-state index in [0.29, 0.717) is 12.0 Å². The second-order valence-electron chi connectivity index (χ2n) is 4.65. The Hall–Kier alpha value is -1.22. The Morgan fingerprint density at radius 3 is 3.12 bits per heavy atom. The fourth-order valence-corrected chi connectivity index (χ4v) is 2.77. The van der Waals surface area contributed by atoms with Crippen molar-refractivity contribution in [2.75, 3.05) is 6.54 Å². The molecule has 2 nitrogen and oxygen atoms in total. The number of nitrogens with one attached hydrogen (secondary N) is 1. The molecule has 3 heteroatoms. The quantitative estimate of drug-likeness (QED) is 0.782. The first-order valence-electron chi connectivity index (χ1n) is 5.88. The highest BCUT2D eigenvalue weighted by Crippen LogP contribution is 2.35. The summed E-state index contributed by atoms with van der Waals surface area (Å²) in [6.45, 7) is 1.11. The number of aromatic nitrogens is 1. The molecule has 1 aliphatic heterocycles. The summed E-state index contributed by atoms with van der Waals surface area (Å²) in [6.07, 6.45) is 8.82. The van der Waals surface area contributed by atoms with Crippen molar-refractivity contribution in [3.05, 3.63) is 35.9 Å². The topological polar surface area (TPSA) is 24.9 Å². The Balaban J connectivity index is 1.86. The number of rotatable bonds is 1. The highest BCUT2D eigenvalue weighted by Gasteiger charge is 2.29. The third-order valence-corrected chi connectivity index (χ3v) is 3.57. The Morgan fingerprint density at radius 2 is 2.31 bits per heavy atom. The molecule has 2 heterocycles. The average molecular weight is 218 g/mol. The van der Waals surface area contributed by atoms with Crippen molar-refractivity contribution in [2.45, 2.75) is 25.3 Å². The van der Waals surface area contributed by atoms with Crippen LogP contribution in [0.5, 0.6) is 0 Å². The molecule has 0 saturated carbocycles. The van der Waals surface area contributed by atoms with Crippen molar-refractivity contribution >= 4 is 5.57 Å². The van der Waals surface area contributed by atoms with Gasteiger partial charge in [-0.15, -0.1) is 0 Å². The summed E-state index contributed by atoms with van der Waals surface area (Å²) in [5, 5.41) is 3.53. The fourth-order valence-electron chi connectivity index (χ4n) is 2.77. The Morgan fingerprint density at radius 1 is 1.38 bits per heavy atom. The Bertz CT molecular complexity index is 428. The lowest BCUT2D eigenvalue weighted by Gasteiger charge is -2.25. The van der Waals surface area contributed by atoms with Crippen LogP contribution in [0.3, 0.4) is 0 Å². The normalized spacial score (nSPS) is 28.7. The molecule has 1 fully saturated rings. The van der Waals surface area contributed by atoms with Crippen LogP contribution >= 0.6 is 0 Å². The molecule has 2 aliphatic rings. The minimum atomic E-state index is -0.249. The zero-order valence-electron chi connectivity index (χ0n) is 9.12. The molecule has 2 atom stereocenters. The second kappa shape index (κ2) is 3.98. The van der Waals surface area contributed by atoms with Crippen molar-refractivity contribution in [3.8, 4) is 0 Å². The van der Waals surface area contributed by atoms with E-state index in [1.165, 1.54) is 24.6 Å². The molecule has 0 amide bonds. The van der Waals surface area contributed by atoms with E-state index < -0.39 is 0 Å². The zero-order valence-corrected chi connectivity index (χ0v) is 9.12. The third-order valence-electron chi connectivity index (χ3n) is 3.57. The molecule has 1 aliphatic carbocycles. The van der Waals surface area contributed by atoms with Crippen LogP contribution in [0.2, 0.25) is 0 Å². The standard InChI is InChI=1S/C13H15FN2/c14-12-5-11(7-15-8-12)10-4-9-2-1-3-16-13(9)6-10/h4-5,7-9,13,16H,1-3,6H2/t9-,13+/m0/s1. The summed E-state index contributed by atoms with van der Waals surface area (Å²) in [6, 6.07) is 2.14. The maximum absolute atomic E-state index is 13.1. The van der Waals surface area contributed by atoms with Crippen LogP contribution in [0, 0.1) is 11.7 Å². The van der Waals surface area contributed by atoms with E-state index in [0.717, 1.165) is 18.5 Å². The van der Waals surface area contributed by atoms with Crippen LogP contribution in [-0.2, 0) is 0 Å². The lowest BCUT2D eigenvalue weighted by Crippen LogP contribution is -2.37. The van der Waals surface area contributed by atoms with Crippen molar-refractivity contribution in [3.63, 3.8) is 0 Å². The van der Waals surface area contributed by atoms with Gasteiger partial charge in [0.25, 0.3) is 0 Å². The van der Waals surface area contributed by atoms with Crippen molar-refractivity contribution in [1.29, 1.82) is 0 Å². The van der Waals surface area contributed by atoms with E-state index in [9.17, 15) is 4.39 Å². The number of fused-ring (bicyclic) bond motifs is 1. The van der Waals surface area contributed by atoms with Crippen LogP contribution in [-0.4, -0.2) is 17.6 Å². The van der Waals surface area contributed by atoms with Crippen LogP contribution in [0.4, 0.5) is 4.39 Å². The molecular formula is C13H15FN2. The Labute approximate surface area is 94.6 Å². The first-order chi connectivity index (χ1) is 7.83. The van der Waals surface area contributed by atoms with E-state index in [1.807, 2.05) is 0 Å². The van der Waals surface area contributed by atoms with Gasteiger partial charge in [0.2, 0.25) is 0 Å². The second-order valence-corrected chi connectivity index (χ2v) is 4.65. The Kier molecular flexibility index (Phi) is 2.48. The van der Waals surface area contributed by atoms with E-state index in [2.05, 4.69) is 16.4 Å². The summed E-state index contributed by atoms with van der Waals surface area (Å²) < 4.78 is 13.1. The summed E-state index contributed by atoms with van der Waals surface area (Å²) >= 11 is 0. The van der Waals surface area contributed by atoms with Gasteiger partial charge in [0.1, 0.15) is 5.82 Å². The smallest absolute Gasteiger partial charge is 0.142 e. The first-order valence-corrected chi connectivity index (χ1v) is 5.88. The number of nitrogens with zero attached hydrogens (tertiary/aromatic N) is 1. The number of hydrogen-bond acceptors (Lipinski definition) is 2. The number of piperidine rings is 1. The van der Waals surface area contributed by atoms with E-state index >= 15 is 0 Å². The molecule has 1 saturated heterocycles. The minimum Gasteiger partial charge on any atom is -0.313 e. The minimum absolute atomic E-state index is 0.249. The van der Waals surface area contributed by atoms with Gasteiger partial charge in [-0.1, -0.05) is 6.08 Å². The maximum Gasteiger partial charge on any atom is 0.142 e. The molecule has 1 aromatic rings. The number of halogens is 1. The predicted octanol–water partition coefficient (Wildman–Crippen LogP) is 2.38. The molecule has 1 N–H and O–H groups in total. The van der Waals surface area contributed by atoms with Gasteiger partial charge in [-0.05, 0) is 48.9 Å². The molecule has 0 radical (unpaired) electrons. The van der Waals surface area contributed by atoms with Crippen LogP contribution in [0.25, 0.3) is 5.57 Å². The van der Waals surface area contributed by atoms with E-state index in [-0.39, 0.29) is 5.82 Å². The van der Waals surface area contributed by atoms with E-state index in [1.54, 1.807) is 12.3 Å². The van der Waals surface area contributed by atoms with Gasteiger partial charge in [0.05, 0.1) is 6.20 Å². The first kappa shape index (κ1) is 9.97. The molecule has 16 heavy (non-hydrogen) atoms. The largest absolute Gasteiger partial charge is 0.313 e. The van der Waals surface area contributed by atoms with Crippen LogP contribution < -0.4 is 5.32 Å². The summed E-state index contributed by atoms with van der Waals surface area (Å²) in [7, 11) is 0. The zero-order chi connectivity index (χ0) is 11.0. The highest BCUT2D eigenvalue weighted by atomic mass is 19.1. The molecule has 84 valence electrons. The van der Waals surface area contributed by atoms with Gasteiger partial charge in [-0.2, -0.15) is 0 Å². The van der Waals surface area contributed by atoms with Crippen molar-refractivity contribution < 1.29 is 4.39 Å².